The Kier molecular flexibility index (Phi) is 5.32. The maximum Gasteiger partial charge on any atom is 0.410 e. The molecule has 0 radical (unpaired) electrons. The second kappa shape index (κ2) is 6.86. The Labute approximate surface area is 132 Å². The minimum atomic E-state index is -0.493. The second-order valence-electron chi connectivity index (χ2n) is 7.43. The number of amides is 2. The fraction of sp³-hybridized carbons (Fsp3) is 0.875. The van der Waals surface area contributed by atoms with Crippen molar-refractivity contribution in [3.63, 3.8) is 0 Å². The van der Waals surface area contributed by atoms with Gasteiger partial charge in [0.2, 0.25) is 5.91 Å². The Morgan fingerprint density at radius 1 is 1.36 bits per heavy atom. The Morgan fingerprint density at radius 3 is 2.68 bits per heavy atom. The van der Waals surface area contributed by atoms with Crippen molar-refractivity contribution >= 4 is 12.0 Å². The molecule has 0 aromatic rings. The van der Waals surface area contributed by atoms with Crippen LogP contribution in [0.3, 0.4) is 0 Å². The summed E-state index contributed by atoms with van der Waals surface area (Å²) in [4.78, 5) is 28.1. The molecule has 2 fully saturated rings. The fourth-order valence-corrected chi connectivity index (χ4v) is 3.19. The highest BCUT2D eigenvalue weighted by Crippen LogP contribution is 2.24. The number of carbonyl (C=O) groups is 2. The van der Waals surface area contributed by atoms with Crippen molar-refractivity contribution in [1.82, 2.24) is 9.80 Å². The zero-order valence-electron chi connectivity index (χ0n) is 14.0. The third kappa shape index (κ3) is 4.35. The third-order valence-corrected chi connectivity index (χ3v) is 4.31. The van der Waals surface area contributed by atoms with Gasteiger partial charge in [-0.15, -0.1) is 0 Å². The van der Waals surface area contributed by atoms with E-state index in [4.69, 9.17) is 10.5 Å². The van der Waals surface area contributed by atoms with Crippen LogP contribution in [0, 0.1) is 5.92 Å². The molecule has 22 heavy (non-hydrogen) atoms. The quantitative estimate of drug-likeness (QED) is 0.858. The molecule has 2 atom stereocenters. The fourth-order valence-electron chi connectivity index (χ4n) is 3.19. The zero-order chi connectivity index (χ0) is 16.3. The Balaban J connectivity index is 1.98. The monoisotopic (exact) mass is 311 g/mol. The smallest absolute Gasteiger partial charge is 0.410 e. The highest BCUT2D eigenvalue weighted by Gasteiger charge is 2.35. The van der Waals surface area contributed by atoms with E-state index < -0.39 is 5.60 Å². The van der Waals surface area contributed by atoms with Gasteiger partial charge in [-0.05, 0) is 52.5 Å². The van der Waals surface area contributed by atoms with Crippen molar-refractivity contribution in [2.24, 2.45) is 11.7 Å². The van der Waals surface area contributed by atoms with E-state index in [1.807, 2.05) is 25.7 Å². The number of piperidine rings is 1. The molecule has 0 saturated carbocycles. The van der Waals surface area contributed by atoms with Gasteiger partial charge in [-0.3, -0.25) is 4.79 Å². The lowest BCUT2D eigenvalue weighted by atomic mass is 10.0. The molecule has 2 saturated heterocycles. The normalized spacial score (nSPS) is 26.5. The summed E-state index contributed by atoms with van der Waals surface area (Å²) in [5, 5.41) is 0. The molecule has 2 heterocycles. The summed E-state index contributed by atoms with van der Waals surface area (Å²) in [6.07, 6.45) is 3.28. The number of likely N-dealkylation sites (tertiary alicyclic amines) is 2. The molecular formula is C16H29N3O3. The summed E-state index contributed by atoms with van der Waals surface area (Å²) in [7, 11) is 0. The third-order valence-electron chi connectivity index (χ3n) is 4.31. The molecule has 0 aromatic heterocycles. The number of nitrogens with zero attached hydrogens (tertiary/aromatic N) is 2. The minimum Gasteiger partial charge on any atom is -0.444 e. The highest BCUT2D eigenvalue weighted by atomic mass is 16.6. The van der Waals surface area contributed by atoms with Crippen molar-refractivity contribution < 1.29 is 14.3 Å². The molecule has 6 nitrogen and oxygen atoms in total. The van der Waals surface area contributed by atoms with Crippen LogP contribution in [-0.4, -0.2) is 59.6 Å². The number of carbonyl (C=O) groups excluding carboxylic acids is 2. The molecule has 6 heteroatoms. The van der Waals surface area contributed by atoms with E-state index in [9.17, 15) is 9.59 Å². The van der Waals surface area contributed by atoms with Crippen LogP contribution in [0.25, 0.3) is 0 Å². The average Bonchev–Trinajstić information content (AvgIpc) is 2.78. The van der Waals surface area contributed by atoms with Crippen LogP contribution in [0.15, 0.2) is 0 Å². The predicted octanol–water partition coefficient (Wildman–Crippen LogP) is 1.58. The summed E-state index contributed by atoms with van der Waals surface area (Å²) in [5.41, 5.74) is 5.18. The molecule has 2 rings (SSSR count). The maximum absolute atomic E-state index is 12.4. The summed E-state index contributed by atoms with van der Waals surface area (Å²) < 4.78 is 5.50. The first kappa shape index (κ1) is 17.1. The topological polar surface area (TPSA) is 75.9 Å². The number of hydrogen-bond donors (Lipinski definition) is 1. The SMILES string of the molecule is CC(C)(C)OC(=O)N1CCCCC1CN1CC(CN)CC1=O. The van der Waals surface area contributed by atoms with E-state index in [1.165, 1.54) is 0 Å². The summed E-state index contributed by atoms with van der Waals surface area (Å²) >= 11 is 0. The van der Waals surface area contributed by atoms with Gasteiger partial charge in [-0.2, -0.15) is 0 Å². The zero-order valence-corrected chi connectivity index (χ0v) is 14.0. The van der Waals surface area contributed by atoms with E-state index in [0.29, 0.717) is 32.6 Å². The van der Waals surface area contributed by atoms with Gasteiger partial charge >= 0.3 is 6.09 Å². The first-order valence-electron chi connectivity index (χ1n) is 8.27. The molecule has 0 spiro atoms. The molecule has 2 N–H and O–H groups in total. The molecule has 2 unspecified atom stereocenters. The Hall–Kier alpha value is -1.30. The van der Waals surface area contributed by atoms with Crippen LogP contribution in [0.2, 0.25) is 0 Å². The van der Waals surface area contributed by atoms with Gasteiger partial charge in [-0.1, -0.05) is 0 Å². The average molecular weight is 311 g/mol. The van der Waals surface area contributed by atoms with Crippen LogP contribution < -0.4 is 5.73 Å². The van der Waals surface area contributed by atoms with E-state index >= 15 is 0 Å². The van der Waals surface area contributed by atoms with E-state index in [1.54, 1.807) is 4.90 Å². The van der Waals surface area contributed by atoms with Crippen molar-refractivity contribution in [3.05, 3.63) is 0 Å². The van der Waals surface area contributed by atoms with Crippen LogP contribution in [0.5, 0.6) is 0 Å². The standard InChI is InChI=1S/C16H29N3O3/c1-16(2,3)22-15(21)19-7-5-4-6-13(19)11-18-10-12(9-17)8-14(18)20/h12-13H,4-11,17H2,1-3H3. The van der Waals surface area contributed by atoms with Gasteiger partial charge in [0.05, 0.1) is 6.04 Å². The lowest BCUT2D eigenvalue weighted by Gasteiger charge is -2.38. The van der Waals surface area contributed by atoms with Crippen LogP contribution in [0.1, 0.15) is 46.5 Å². The van der Waals surface area contributed by atoms with Crippen LogP contribution in [0.4, 0.5) is 4.79 Å². The van der Waals surface area contributed by atoms with Gasteiger partial charge < -0.3 is 20.3 Å². The van der Waals surface area contributed by atoms with E-state index in [-0.39, 0.29) is 24.0 Å². The Bertz CT molecular complexity index is 419. The first-order chi connectivity index (χ1) is 10.3. The molecule has 126 valence electrons. The molecule has 2 amide bonds. The molecular weight excluding hydrogens is 282 g/mol. The minimum absolute atomic E-state index is 0.0593. The van der Waals surface area contributed by atoms with E-state index in [2.05, 4.69) is 0 Å². The summed E-state index contributed by atoms with van der Waals surface area (Å²) in [6, 6.07) is 0.0593. The largest absolute Gasteiger partial charge is 0.444 e. The van der Waals surface area contributed by atoms with Crippen molar-refractivity contribution in [2.75, 3.05) is 26.2 Å². The molecule has 2 aliphatic rings. The first-order valence-corrected chi connectivity index (χ1v) is 8.27. The summed E-state index contributed by atoms with van der Waals surface area (Å²) in [5.74, 6) is 0.413. The summed E-state index contributed by atoms with van der Waals surface area (Å²) in [6.45, 7) is 8.20. The van der Waals surface area contributed by atoms with Crippen LogP contribution >= 0.6 is 0 Å². The predicted molar refractivity (Wildman–Crippen MR) is 84.3 cm³/mol. The van der Waals surface area contributed by atoms with Crippen molar-refractivity contribution in [1.29, 1.82) is 0 Å². The Morgan fingerprint density at radius 2 is 2.09 bits per heavy atom. The van der Waals surface area contributed by atoms with Crippen LogP contribution in [-0.2, 0) is 9.53 Å². The van der Waals surface area contributed by atoms with Gasteiger partial charge in [-0.25, -0.2) is 4.79 Å². The number of hydrogen-bond acceptors (Lipinski definition) is 4. The molecule has 0 aromatic carbocycles. The second-order valence-corrected chi connectivity index (χ2v) is 7.43. The van der Waals surface area contributed by atoms with Gasteiger partial charge in [0.25, 0.3) is 0 Å². The van der Waals surface area contributed by atoms with Gasteiger partial charge in [0.15, 0.2) is 0 Å². The number of rotatable bonds is 3. The number of nitrogens with two attached hydrogens (primary N) is 1. The van der Waals surface area contributed by atoms with Crippen molar-refractivity contribution in [3.8, 4) is 0 Å². The molecule has 0 bridgehead atoms. The van der Waals surface area contributed by atoms with Crippen molar-refractivity contribution in [2.45, 2.75) is 58.1 Å². The van der Waals surface area contributed by atoms with Gasteiger partial charge in [0, 0.05) is 26.1 Å². The highest BCUT2D eigenvalue weighted by molar-refractivity contribution is 5.78. The van der Waals surface area contributed by atoms with Gasteiger partial charge in [0.1, 0.15) is 5.60 Å². The maximum atomic E-state index is 12.4. The molecule has 2 aliphatic heterocycles. The van der Waals surface area contributed by atoms with E-state index in [0.717, 1.165) is 19.3 Å². The lowest BCUT2D eigenvalue weighted by Crippen LogP contribution is -2.51. The molecule has 0 aliphatic carbocycles. The lowest BCUT2D eigenvalue weighted by molar-refractivity contribution is -0.128. The number of ether oxygens (including phenoxy) is 1.